The summed E-state index contributed by atoms with van der Waals surface area (Å²) in [6.45, 7) is 3.78. The standard InChI is InChI=1S/C12H17N3O2/c1-9(16)12-10(6-13-8-15-12)7-14-11-2-4-17-5-3-11/h6,8,11,14H,2-5,7H2,1H3. The van der Waals surface area contributed by atoms with Crippen LogP contribution in [-0.2, 0) is 11.3 Å². The van der Waals surface area contributed by atoms with Crippen molar-refractivity contribution in [1.82, 2.24) is 15.3 Å². The monoisotopic (exact) mass is 235 g/mol. The van der Waals surface area contributed by atoms with Gasteiger partial charge in [-0.3, -0.25) is 4.79 Å². The minimum absolute atomic E-state index is 0.0174. The summed E-state index contributed by atoms with van der Waals surface area (Å²) in [6, 6.07) is 0.462. The highest BCUT2D eigenvalue weighted by molar-refractivity contribution is 5.93. The van der Waals surface area contributed by atoms with E-state index in [1.54, 1.807) is 6.20 Å². The SMILES string of the molecule is CC(=O)c1ncncc1CNC1CCOCC1. The Balaban J connectivity index is 1.96. The van der Waals surface area contributed by atoms with Gasteiger partial charge in [0.25, 0.3) is 0 Å². The topological polar surface area (TPSA) is 64.1 Å². The molecule has 0 radical (unpaired) electrons. The molecule has 92 valence electrons. The van der Waals surface area contributed by atoms with Crippen LogP contribution in [0.25, 0.3) is 0 Å². The molecule has 0 saturated carbocycles. The number of nitrogens with zero attached hydrogens (tertiary/aromatic N) is 2. The minimum atomic E-state index is -0.0174. The van der Waals surface area contributed by atoms with Crippen molar-refractivity contribution in [2.45, 2.75) is 32.4 Å². The Hall–Kier alpha value is -1.33. The molecule has 0 amide bonds. The molecule has 17 heavy (non-hydrogen) atoms. The average molecular weight is 235 g/mol. The molecule has 5 heteroatoms. The molecule has 0 unspecified atom stereocenters. The molecule has 1 saturated heterocycles. The van der Waals surface area contributed by atoms with Gasteiger partial charge in [0.1, 0.15) is 12.0 Å². The molecule has 2 rings (SSSR count). The maximum Gasteiger partial charge on any atom is 0.178 e. The lowest BCUT2D eigenvalue weighted by molar-refractivity contribution is 0.0775. The van der Waals surface area contributed by atoms with Crippen molar-refractivity contribution in [2.24, 2.45) is 0 Å². The van der Waals surface area contributed by atoms with Gasteiger partial charge in [-0.1, -0.05) is 0 Å². The van der Waals surface area contributed by atoms with Gasteiger partial charge < -0.3 is 10.1 Å². The van der Waals surface area contributed by atoms with Gasteiger partial charge in [-0.05, 0) is 12.8 Å². The first-order chi connectivity index (χ1) is 8.27. The van der Waals surface area contributed by atoms with Gasteiger partial charge >= 0.3 is 0 Å². The number of aromatic nitrogens is 2. The summed E-state index contributed by atoms with van der Waals surface area (Å²) >= 11 is 0. The predicted molar refractivity (Wildman–Crippen MR) is 62.7 cm³/mol. The third-order valence-electron chi connectivity index (χ3n) is 2.92. The summed E-state index contributed by atoms with van der Waals surface area (Å²) in [5.41, 5.74) is 1.38. The zero-order chi connectivity index (χ0) is 12.1. The third-order valence-corrected chi connectivity index (χ3v) is 2.92. The first-order valence-electron chi connectivity index (χ1n) is 5.88. The first-order valence-corrected chi connectivity index (χ1v) is 5.88. The summed E-state index contributed by atoms with van der Waals surface area (Å²) in [6.07, 6.45) is 5.15. The fourth-order valence-electron chi connectivity index (χ4n) is 1.96. The van der Waals surface area contributed by atoms with Crippen LogP contribution in [0.3, 0.4) is 0 Å². The molecule has 0 spiro atoms. The van der Waals surface area contributed by atoms with Crippen molar-refractivity contribution in [3.05, 3.63) is 23.8 Å². The van der Waals surface area contributed by atoms with Crippen molar-refractivity contribution in [3.8, 4) is 0 Å². The molecule has 0 aromatic carbocycles. The van der Waals surface area contributed by atoms with Crippen LogP contribution in [-0.4, -0.2) is 35.0 Å². The van der Waals surface area contributed by atoms with E-state index in [2.05, 4.69) is 15.3 Å². The summed E-state index contributed by atoms with van der Waals surface area (Å²) in [5, 5.41) is 3.42. The number of rotatable bonds is 4. The Morgan fingerprint density at radius 3 is 3.00 bits per heavy atom. The number of nitrogens with one attached hydrogen (secondary N) is 1. The van der Waals surface area contributed by atoms with Crippen LogP contribution in [0.1, 0.15) is 35.8 Å². The van der Waals surface area contributed by atoms with Gasteiger partial charge in [0.05, 0.1) is 0 Å². The zero-order valence-electron chi connectivity index (χ0n) is 9.98. The van der Waals surface area contributed by atoms with Gasteiger partial charge in [-0.25, -0.2) is 9.97 Å². The molecule has 1 N–H and O–H groups in total. The molecule has 0 atom stereocenters. The van der Waals surface area contributed by atoms with Crippen LogP contribution in [0.2, 0.25) is 0 Å². The molecule has 1 aromatic rings. The predicted octanol–water partition coefficient (Wildman–Crippen LogP) is 0.948. The van der Waals surface area contributed by atoms with Crippen LogP contribution >= 0.6 is 0 Å². The van der Waals surface area contributed by atoms with E-state index in [0.717, 1.165) is 31.6 Å². The Labute approximate surface area is 101 Å². The second-order valence-corrected chi connectivity index (χ2v) is 4.22. The Morgan fingerprint density at radius 1 is 1.53 bits per heavy atom. The number of hydrogen-bond acceptors (Lipinski definition) is 5. The van der Waals surface area contributed by atoms with Crippen LogP contribution in [0.5, 0.6) is 0 Å². The molecular formula is C12H17N3O2. The number of ether oxygens (including phenoxy) is 1. The van der Waals surface area contributed by atoms with E-state index >= 15 is 0 Å². The van der Waals surface area contributed by atoms with Crippen molar-refractivity contribution in [3.63, 3.8) is 0 Å². The van der Waals surface area contributed by atoms with E-state index in [1.165, 1.54) is 13.3 Å². The number of carbonyl (C=O) groups is 1. The van der Waals surface area contributed by atoms with Gasteiger partial charge in [-0.2, -0.15) is 0 Å². The fourth-order valence-corrected chi connectivity index (χ4v) is 1.96. The second-order valence-electron chi connectivity index (χ2n) is 4.22. The lowest BCUT2D eigenvalue weighted by Gasteiger charge is -2.23. The van der Waals surface area contributed by atoms with Crippen LogP contribution in [0, 0.1) is 0 Å². The van der Waals surface area contributed by atoms with E-state index in [0.29, 0.717) is 18.3 Å². The van der Waals surface area contributed by atoms with Gasteiger partial charge in [0.15, 0.2) is 5.78 Å². The molecule has 5 nitrogen and oxygen atoms in total. The minimum Gasteiger partial charge on any atom is -0.381 e. The van der Waals surface area contributed by atoms with E-state index in [4.69, 9.17) is 4.74 Å². The largest absolute Gasteiger partial charge is 0.381 e. The highest BCUT2D eigenvalue weighted by Crippen LogP contribution is 2.09. The maximum absolute atomic E-state index is 11.4. The lowest BCUT2D eigenvalue weighted by Crippen LogP contribution is -2.34. The van der Waals surface area contributed by atoms with Crippen LogP contribution < -0.4 is 5.32 Å². The molecular weight excluding hydrogens is 218 g/mol. The molecule has 1 fully saturated rings. The number of carbonyl (C=O) groups excluding carboxylic acids is 1. The van der Waals surface area contributed by atoms with E-state index in [1.807, 2.05) is 0 Å². The fraction of sp³-hybridized carbons (Fsp3) is 0.583. The zero-order valence-corrected chi connectivity index (χ0v) is 9.98. The third kappa shape index (κ3) is 3.31. The van der Waals surface area contributed by atoms with Crippen molar-refractivity contribution >= 4 is 5.78 Å². The van der Waals surface area contributed by atoms with E-state index < -0.39 is 0 Å². The van der Waals surface area contributed by atoms with Crippen molar-refractivity contribution < 1.29 is 9.53 Å². The number of Topliss-reactive ketones (excluding diaryl/α,β-unsaturated/α-hetero) is 1. The van der Waals surface area contributed by atoms with Gasteiger partial charge in [-0.15, -0.1) is 0 Å². The quantitative estimate of drug-likeness (QED) is 0.787. The molecule has 0 bridgehead atoms. The first kappa shape index (κ1) is 12.1. The lowest BCUT2D eigenvalue weighted by atomic mass is 10.1. The number of ketones is 1. The number of hydrogen-bond donors (Lipinski definition) is 1. The summed E-state index contributed by atoms with van der Waals surface area (Å²) in [7, 11) is 0. The van der Waals surface area contributed by atoms with Crippen molar-refractivity contribution in [1.29, 1.82) is 0 Å². The van der Waals surface area contributed by atoms with Gasteiger partial charge in [0, 0.05) is 44.5 Å². The normalized spacial score (nSPS) is 17.0. The highest BCUT2D eigenvalue weighted by Gasteiger charge is 2.14. The highest BCUT2D eigenvalue weighted by atomic mass is 16.5. The molecule has 1 aliphatic rings. The molecule has 1 aliphatic heterocycles. The van der Waals surface area contributed by atoms with Crippen LogP contribution in [0.4, 0.5) is 0 Å². The summed E-state index contributed by atoms with van der Waals surface area (Å²) in [4.78, 5) is 19.4. The van der Waals surface area contributed by atoms with Gasteiger partial charge in [0.2, 0.25) is 0 Å². The Bertz CT molecular complexity index is 389. The Morgan fingerprint density at radius 2 is 2.29 bits per heavy atom. The average Bonchev–Trinajstić information content (AvgIpc) is 2.38. The molecule has 1 aromatic heterocycles. The summed E-state index contributed by atoms with van der Waals surface area (Å²) in [5.74, 6) is -0.0174. The van der Waals surface area contributed by atoms with E-state index in [-0.39, 0.29) is 5.78 Å². The van der Waals surface area contributed by atoms with E-state index in [9.17, 15) is 4.79 Å². The second kappa shape index (κ2) is 5.84. The van der Waals surface area contributed by atoms with Crippen LogP contribution in [0.15, 0.2) is 12.5 Å². The summed E-state index contributed by atoms with van der Waals surface area (Å²) < 4.78 is 5.29. The Kier molecular flexibility index (Phi) is 4.17. The molecule has 2 heterocycles. The smallest absolute Gasteiger partial charge is 0.178 e. The maximum atomic E-state index is 11.4. The molecule has 0 aliphatic carbocycles. The van der Waals surface area contributed by atoms with Crippen molar-refractivity contribution in [2.75, 3.05) is 13.2 Å².